The minimum Gasteiger partial charge on any atom is -0.248 e. The topological polar surface area (TPSA) is 12.9 Å². The van der Waals surface area contributed by atoms with Crippen LogP contribution in [0.3, 0.4) is 0 Å². The van der Waals surface area contributed by atoms with Crippen LogP contribution in [-0.2, 0) is 5.88 Å². The molecule has 1 aromatic carbocycles. The third-order valence-corrected chi connectivity index (χ3v) is 2.36. The lowest BCUT2D eigenvalue weighted by molar-refractivity contribution is 0.624. The van der Waals surface area contributed by atoms with Crippen LogP contribution < -0.4 is 0 Å². The summed E-state index contributed by atoms with van der Waals surface area (Å²) in [6, 6.07) is 12.2. The molecule has 76 valence electrons. The normalized spacial score (nSPS) is 10.3. The number of hydrogen-bond donors (Lipinski definition) is 0. The van der Waals surface area contributed by atoms with Gasteiger partial charge in [-0.3, -0.25) is 0 Å². The molecule has 0 atom stereocenters. The summed E-state index contributed by atoms with van der Waals surface area (Å²) >= 11 is 5.65. The second-order valence-corrected chi connectivity index (χ2v) is 3.40. The van der Waals surface area contributed by atoms with E-state index in [0.717, 1.165) is 5.56 Å². The van der Waals surface area contributed by atoms with Gasteiger partial charge >= 0.3 is 0 Å². The van der Waals surface area contributed by atoms with Crippen LogP contribution in [0, 0.1) is 5.82 Å². The molecule has 0 aliphatic rings. The second-order valence-electron chi connectivity index (χ2n) is 3.13. The van der Waals surface area contributed by atoms with Crippen LogP contribution >= 0.6 is 11.6 Å². The lowest BCUT2D eigenvalue weighted by atomic mass is 10.1. The quantitative estimate of drug-likeness (QED) is 0.706. The molecule has 0 aliphatic heterocycles. The van der Waals surface area contributed by atoms with Crippen LogP contribution in [0.5, 0.6) is 0 Å². The number of benzene rings is 1. The zero-order valence-corrected chi connectivity index (χ0v) is 8.71. The Morgan fingerprint density at radius 3 is 2.47 bits per heavy atom. The van der Waals surface area contributed by atoms with Crippen molar-refractivity contribution in [2.45, 2.75) is 5.88 Å². The van der Waals surface area contributed by atoms with Crippen molar-refractivity contribution in [2.24, 2.45) is 0 Å². The van der Waals surface area contributed by atoms with Gasteiger partial charge in [-0.15, -0.1) is 11.6 Å². The third-order valence-electron chi connectivity index (χ3n) is 2.09. The molecule has 0 unspecified atom stereocenters. The van der Waals surface area contributed by atoms with Crippen molar-refractivity contribution in [3.05, 3.63) is 54.0 Å². The van der Waals surface area contributed by atoms with Gasteiger partial charge in [0.15, 0.2) is 0 Å². The summed E-state index contributed by atoms with van der Waals surface area (Å²) in [5.74, 6) is -0.0322. The summed E-state index contributed by atoms with van der Waals surface area (Å²) in [5.41, 5.74) is 1.80. The molecule has 2 aromatic rings. The minimum atomic E-state index is -0.324. The van der Waals surface area contributed by atoms with E-state index < -0.39 is 0 Å². The number of alkyl halides is 1. The van der Waals surface area contributed by atoms with Crippen molar-refractivity contribution < 1.29 is 4.39 Å². The number of rotatable bonds is 2. The minimum absolute atomic E-state index is 0.292. The molecule has 15 heavy (non-hydrogen) atoms. The third kappa shape index (κ3) is 2.16. The maximum Gasteiger partial charge on any atom is 0.149 e. The highest BCUT2D eigenvalue weighted by Gasteiger charge is 2.06. The predicted octanol–water partition coefficient (Wildman–Crippen LogP) is 3.63. The standard InChI is InChI=1S/C12H9ClFN/c13-8-10-6-7-11(14)12(15-10)9-4-2-1-3-5-9/h1-7H,8H2. The number of nitrogens with zero attached hydrogens (tertiary/aromatic N) is 1. The van der Waals surface area contributed by atoms with Gasteiger partial charge in [-0.05, 0) is 12.1 Å². The Hall–Kier alpha value is -1.41. The molecule has 0 N–H and O–H groups in total. The van der Waals surface area contributed by atoms with E-state index in [1.807, 2.05) is 30.3 Å². The fraction of sp³-hybridized carbons (Fsp3) is 0.0833. The van der Waals surface area contributed by atoms with Gasteiger partial charge in [0.1, 0.15) is 11.5 Å². The van der Waals surface area contributed by atoms with E-state index in [0.29, 0.717) is 17.3 Å². The fourth-order valence-electron chi connectivity index (χ4n) is 1.36. The summed E-state index contributed by atoms with van der Waals surface area (Å²) < 4.78 is 13.5. The van der Waals surface area contributed by atoms with Crippen LogP contribution in [0.25, 0.3) is 11.3 Å². The van der Waals surface area contributed by atoms with E-state index in [-0.39, 0.29) is 5.82 Å². The maximum absolute atomic E-state index is 13.5. The summed E-state index contributed by atoms with van der Waals surface area (Å²) in [7, 11) is 0. The summed E-state index contributed by atoms with van der Waals surface area (Å²) in [5, 5.41) is 0. The zero-order chi connectivity index (χ0) is 10.7. The van der Waals surface area contributed by atoms with E-state index >= 15 is 0 Å². The Labute approximate surface area is 92.5 Å². The van der Waals surface area contributed by atoms with Gasteiger partial charge in [0.25, 0.3) is 0 Å². The molecule has 0 saturated heterocycles. The molecule has 0 fully saturated rings. The van der Waals surface area contributed by atoms with E-state index in [1.54, 1.807) is 6.07 Å². The second kappa shape index (κ2) is 4.41. The number of halogens is 2. The summed E-state index contributed by atoms with van der Waals surface area (Å²) in [6.45, 7) is 0. The van der Waals surface area contributed by atoms with Crippen LogP contribution in [0.2, 0.25) is 0 Å². The highest BCUT2D eigenvalue weighted by molar-refractivity contribution is 6.16. The summed E-state index contributed by atoms with van der Waals surface area (Å²) in [6.07, 6.45) is 0. The van der Waals surface area contributed by atoms with Crippen molar-refractivity contribution >= 4 is 11.6 Å². The molecule has 1 nitrogen and oxygen atoms in total. The predicted molar refractivity (Wildman–Crippen MR) is 59.2 cm³/mol. The van der Waals surface area contributed by atoms with Gasteiger partial charge in [-0.25, -0.2) is 9.37 Å². The molecule has 0 aliphatic carbocycles. The number of hydrogen-bond acceptors (Lipinski definition) is 1. The first-order valence-corrected chi connectivity index (χ1v) is 5.11. The van der Waals surface area contributed by atoms with Gasteiger partial charge in [0.05, 0.1) is 11.6 Å². The molecule has 0 saturated carbocycles. The first kappa shape index (κ1) is 10.1. The van der Waals surface area contributed by atoms with E-state index in [2.05, 4.69) is 4.98 Å². The largest absolute Gasteiger partial charge is 0.248 e. The molecule has 0 amide bonds. The van der Waals surface area contributed by atoms with Crippen molar-refractivity contribution in [2.75, 3.05) is 0 Å². The Bertz CT molecular complexity index is 456. The van der Waals surface area contributed by atoms with Crippen LogP contribution in [0.15, 0.2) is 42.5 Å². The molecular formula is C12H9ClFN. The van der Waals surface area contributed by atoms with E-state index in [9.17, 15) is 4.39 Å². The maximum atomic E-state index is 13.5. The van der Waals surface area contributed by atoms with E-state index in [1.165, 1.54) is 6.07 Å². The molecule has 1 heterocycles. The first-order chi connectivity index (χ1) is 7.31. The monoisotopic (exact) mass is 221 g/mol. The average Bonchev–Trinajstić information content (AvgIpc) is 2.31. The van der Waals surface area contributed by atoms with Gasteiger partial charge in [0, 0.05) is 5.56 Å². The molecule has 2 rings (SSSR count). The van der Waals surface area contributed by atoms with Crippen molar-refractivity contribution in [3.63, 3.8) is 0 Å². The Morgan fingerprint density at radius 1 is 1.07 bits per heavy atom. The van der Waals surface area contributed by atoms with Crippen LogP contribution in [-0.4, -0.2) is 4.98 Å². The van der Waals surface area contributed by atoms with Crippen molar-refractivity contribution in [3.8, 4) is 11.3 Å². The highest BCUT2D eigenvalue weighted by atomic mass is 35.5. The molecule has 0 radical (unpaired) electrons. The highest BCUT2D eigenvalue weighted by Crippen LogP contribution is 2.20. The van der Waals surface area contributed by atoms with E-state index in [4.69, 9.17) is 11.6 Å². The number of aromatic nitrogens is 1. The first-order valence-electron chi connectivity index (χ1n) is 4.58. The lowest BCUT2D eigenvalue weighted by Crippen LogP contribution is -1.93. The Kier molecular flexibility index (Phi) is 2.97. The Morgan fingerprint density at radius 2 is 1.80 bits per heavy atom. The van der Waals surface area contributed by atoms with Crippen molar-refractivity contribution in [1.29, 1.82) is 0 Å². The van der Waals surface area contributed by atoms with Gasteiger partial charge < -0.3 is 0 Å². The Balaban J connectivity index is 2.52. The SMILES string of the molecule is Fc1ccc(CCl)nc1-c1ccccc1. The lowest BCUT2D eigenvalue weighted by Gasteiger charge is -2.03. The van der Waals surface area contributed by atoms with Gasteiger partial charge in [-0.2, -0.15) is 0 Å². The molecule has 0 bridgehead atoms. The molecular weight excluding hydrogens is 213 g/mol. The fourth-order valence-corrected chi connectivity index (χ4v) is 1.50. The molecule has 0 spiro atoms. The van der Waals surface area contributed by atoms with Crippen molar-refractivity contribution in [1.82, 2.24) is 4.98 Å². The molecule has 1 aromatic heterocycles. The summed E-state index contributed by atoms with van der Waals surface area (Å²) in [4.78, 5) is 4.15. The average molecular weight is 222 g/mol. The zero-order valence-electron chi connectivity index (χ0n) is 7.95. The van der Waals surface area contributed by atoms with Gasteiger partial charge in [-0.1, -0.05) is 30.3 Å². The van der Waals surface area contributed by atoms with Crippen LogP contribution in [0.1, 0.15) is 5.69 Å². The molecule has 3 heteroatoms. The smallest absolute Gasteiger partial charge is 0.149 e. The van der Waals surface area contributed by atoms with Crippen LogP contribution in [0.4, 0.5) is 4.39 Å². The number of pyridine rings is 1. The van der Waals surface area contributed by atoms with Gasteiger partial charge in [0.2, 0.25) is 0 Å².